The number of carboxylic acid groups (broad SMARTS) is 1. The summed E-state index contributed by atoms with van der Waals surface area (Å²) in [6.07, 6.45) is 1.73. The van der Waals surface area contributed by atoms with Gasteiger partial charge in [0.2, 0.25) is 5.91 Å². The summed E-state index contributed by atoms with van der Waals surface area (Å²) in [6, 6.07) is 5.04. The smallest absolute Gasteiger partial charge is 0.350 e. The summed E-state index contributed by atoms with van der Waals surface area (Å²) < 4.78 is 7.36. The van der Waals surface area contributed by atoms with Crippen molar-refractivity contribution in [3.8, 4) is 0 Å². The fourth-order valence-electron chi connectivity index (χ4n) is 2.40. The van der Waals surface area contributed by atoms with Gasteiger partial charge in [0.15, 0.2) is 11.2 Å². The predicted molar refractivity (Wildman–Crippen MR) is 73.4 cm³/mol. The normalized spacial score (nSPS) is 21.1. The zero-order valence-corrected chi connectivity index (χ0v) is 11.6. The number of amides is 1. The Morgan fingerprint density at radius 1 is 1.45 bits per heavy atom. The van der Waals surface area contributed by atoms with Crippen molar-refractivity contribution < 1.29 is 19.4 Å². The molecule has 0 saturated carbocycles. The van der Waals surface area contributed by atoms with E-state index in [1.807, 2.05) is 0 Å². The van der Waals surface area contributed by atoms with Crippen LogP contribution in [0.25, 0.3) is 5.65 Å². The summed E-state index contributed by atoms with van der Waals surface area (Å²) in [5, 5.41) is 15.7. The second-order valence-corrected chi connectivity index (χ2v) is 5.11. The van der Waals surface area contributed by atoms with Gasteiger partial charge in [-0.15, -0.1) is 5.10 Å². The third-order valence-corrected chi connectivity index (χ3v) is 3.59. The van der Waals surface area contributed by atoms with E-state index in [0.717, 1.165) is 4.68 Å². The molecular weight excluding hydrogens is 292 g/mol. The molecule has 1 amide bonds. The van der Waals surface area contributed by atoms with E-state index in [9.17, 15) is 19.5 Å². The number of pyridine rings is 1. The molecule has 2 aromatic rings. The number of ether oxygens (including phenoxy) is 1. The number of nitrogens with zero attached hydrogens (tertiary/aromatic N) is 3. The monoisotopic (exact) mass is 306 g/mol. The summed E-state index contributed by atoms with van der Waals surface area (Å²) >= 11 is 0. The van der Waals surface area contributed by atoms with E-state index in [-0.39, 0.29) is 26.2 Å². The first-order valence-electron chi connectivity index (χ1n) is 6.68. The van der Waals surface area contributed by atoms with E-state index in [1.54, 1.807) is 24.4 Å². The molecule has 1 aliphatic heterocycles. The van der Waals surface area contributed by atoms with Crippen LogP contribution < -0.4 is 11.0 Å². The molecule has 9 nitrogen and oxygen atoms in total. The van der Waals surface area contributed by atoms with Gasteiger partial charge in [0.25, 0.3) is 0 Å². The van der Waals surface area contributed by atoms with Crippen molar-refractivity contribution in [3.05, 3.63) is 34.9 Å². The van der Waals surface area contributed by atoms with Crippen molar-refractivity contribution in [2.45, 2.75) is 18.5 Å². The molecule has 3 rings (SSSR count). The lowest BCUT2D eigenvalue weighted by Gasteiger charge is -2.23. The highest BCUT2D eigenvalue weighted by Crippen LogP contribution is 2.18. The Morgan fingerprint density at radius 2 is 2.27 bits per heavy atom. The number of rotatable bonds is 4. The Morgan fingerprint density at radius 3 is 2.91 bits per heavy atom. The molecule has 0 aliphatic carbocycles. The van der Waals surface area contributed by atoms with E-state index in [0.29, 0.717) is 5.65 Å². The lowest BCUT2D eigenvalue weighted by Crippen LogP contribution is -2.56. The van der Waals surface area contributed by atoms with Gasteiger partial charge < -0.3 is 15.2 Å². The van der Waals surface area contributed by atoms with Crippen LogP contribution in [0.1, 0.15) is 6.42 Å². The van der Waals surface area contributed by atoms with E-state index < -0.39 is 23.1 Å². The van der Waals surface area contributed by atoms with Gasteiger partial charge in [-0.05, 0) is 12.1 Å². The van der Waals surface area contributed by atoms with Gasteiger partial charge in [0, 0.05) is 19.2 Å². The second-order valence-electron chi connectivity index (χ2n) is 5.11. The standard InChI is InChI=1S/C13H14N4O5/c18-10(14-13(11(19)20)4-6-22-8-13)7-17-12(21)16-5-2-1-3-9(16)15-17/h1-3,5H,4,6-8H2,(H,14,18)(H,19,20). The average molecular weight is 306 g/mol. The van der Waals surface area contributed by atoms with Gasteiger partial charge in [0.1, 0.15) is 6.54 Å². The number of carboxylic acids is 1. The number of carbonyl (C=O) groups is 2. The summed E-state index contributed by atoms with van der Waals surface area (Å²) in [6.45, 7) is -0.176. The summed E-state index contributed by atoms with van der Waals surface area (Å²) in [7, 11) is 0. The highest BCUT2D eigenvalue weighted by molar-refractivity contribution is 5.87. The Labute approximate surface area is 124 Å². The van der Waals surface area contributed by atoms with E-state index in [2.05, 4.69) is 10.4 Å². The molecule has 2 aromatic heterocycles. The number of hydrogen-bond donors (Lipinski definition) is 2. The van der Waals surface area contributed by atoms with Crippen LogP contribution in [0.3, 0.4) is 0 Å². The lowest BCUT2D eigenvalue weighted by molar-refractivity contribution is -0.147. The zero-order valence-electron chi connectivity index (χ0n) is 11.6. The maximum absolute atomic E-state index is 12.1. The number of nitrogens with one attached hydrogen (secondary N) is 1. The first kappa shape index (κ1) is 14.3. The Hall–Kier alpha value is -2.68. The topological polar surface area (TPSA) is 115 Å². The van der Waals surface area contributed by atoms with Crippen LogP contribution in [0.5, 0.6) is 0 Å². The Balaban J connectivity index is 1.80. The molecule has 9 heteroatoms. The highest BCUT2D eigenvalue weighted by atomic mass is 16.5. The lowest BCUT2D eigenvalue weighted by atomic mass is 9.99. The number of aromatic nitrogens is 3. The third kappa shape index (κ3) is 2.35. The number of fused-ring (bicyclic) bond motifs is 1. The van der Waals surface area contributed by atoms with Crippen molar-refractivity contribution in [2.24, 2.45) is 0 Å². The van der Waals surface area contributed by atoms with Crippen LogP contribution in [0.2, 0.25) is 0 Å². The van der Waals surface area contributed by atoms with E-state index >= 15 is 0 Å². The van der Waals surface area contributed by atoms with Gasteiger partial charge in [-0.25, -0.2) is 14.3 Å². The van der Waals surface area contributed by atoms with Gasteiger partial charge in [-0.2, -0.15) is 0 Å². The van der Waals surface area contributed by atoms with Crippen molar-refractivity contribution in [1.29, 1.82) is 0 Å². The summed E-state index contributed by atoms with van der Waals surface area (Å²) in [4.78, 5) is 35.5. The van der Waals surface area contributed by atoms with Gasteiger partial charge in [-0.3, -0.25) is 9.20 Å². The molecule has 2 N–H and O–H groups in total. The number of carbonyl (C=O) groups excluding carboxylic acids is 1. The fourth-order valence-corrected chi connectivity index (χ4v) is 2.40. The van der Waals surface area contributed by atoms with Crippen LogP contribution >= 0.6 is 0 Å². The van der Waals surface area contributed by atoms with Gasteiger partial charge in [0.05, 0.1) is 6.61 Å². The molecule has 3 heterocycles. The second kappa shape index (κ2) is 5.26. The molecule has 1 fully saturated rings. The molecule has 22 heavy (non-hydrogen) atoms. The first-order valence-corrected chi connectivity index (χ1v) is 6.68. The SMILES string of the molecule is O=C(Cn1nc2ccccn2c1=O)NC1(C(=O)O)CCOC1. The minimum absolute atomic E-state index is 0.0891. The minimum Gasteiger partial charge on any atom is -0.479 e. The van der Waals surface area contributed by atoms with Gasteiger partial charge in [-0.1, -0.05) is 6.07 Å². The van der Waals surface area contributed by atoms with Crippen molar-refractivity contribution in [2.75, 3.05) is 13.2 Å². The number of aliphatic carboxylic acids is 1. The quantitative estimate of drug-likeness (QED) is 0.737. The van der Waals surface area contributed by atoms with Crippen molar-refractivity contribution >= 4 is 17.5 Å². The van der Waals surface area contributed by atoms with Crippen LogP contribution in [0.4, 0.5) is 0 Å². The van der Waals surface area contributed by atoms with Crippen molar-refractivity contribution in [3.63, 3.8) is 0 Å². The first-order chi connectivity index (χ1) is 10.5. The molecule has 0 bridgehead atoms. The zero-order chi connectivity index (χ0) is 15.7. The molecule has 0 radical (unpaired) electrons. The molecule has 0 spiro atoms. The van der Waals surface area contributed by atoms with Crippen LogP contribution in [0, 0.1) is 0 Å². The van der Waals surface area contributed by atoms with Crippen LogP contribution in [-0.2, 0) is 20.9 Å². The Bertz CT molecular complexity index is 787. The third-order valence-electron chi connectivity index (χ3n) is 3.59. The van der Waals surface area contributed by atoms with Crippen LogP contribution in [0.15, 0.2) is 29.2 Å². The van der Waals surface area contributed by atoms with Gasteiger partial charge >= 0.3 is 11.7 Å². The molecule has 0 aromatic carbocycles. The predicted octanol–water partition coefficient (Wildman–Crippen LogP) is -1.14. The molecule has 1 atom stereocenters. The minimum atomic E-state index is -1.43. The largest absolute Gasteiger partial charge is 0.479 e. The van der Waals surface area contributed by atoms with Crippen LogP contribution in [-0.4, -0.2) is 49.9 Å². The summed E-state index contributed by atoms with van der Waals surface area (Å²) in [5.74, 6) is -1.75. The average Bonchev–Trinajstić information content (AvgIpc) is 3.06. The molecular formula is C13H14N4O5. The fraction of sp³-hybridized carbons (Fsp3) is 0.385. The maximum Gasteiger partial charge on any atom is 0.350 e. The Kier molecular flexibility index (Phi) is 3.41. The molecule has 1 saturated heterocycles. The van der Waals surface area contributed by atoms with E-state index in [4.69, 9.17) is 4.74 Å². The van der Waals surface area contributed by atoms with E-state index in [1.165, 1.54) is 4.40 Å². The molecule has 116 valence electrons. The van der Waals surface area contributed by atoms with Crippen molar-refractivity contribution in [1.82, 2.24) is 19.5 Å². The highest BCUT2D eigenvalue weighted by Gasteiger charge is 2.43. The number of hydrogen-bond acceptors (Lipinski definition) is 5. The molecule has 1 unspecified atom stereocenters. The molecule has 1 aliphatic rings. The maximum atomic E-state index is 12.1. The summed E-state index contributed by atoms with van der Waals surface area (Å²) in [5.41, 5.74) is -1.48.